The first kappa shape index (κ1) is 15.3. The van der Waals surface area contributed by atoms with Crippen molar-refractivity contribution in [3.05, 3.63) is 24.3 Å². The Morgan fingerprint density at radius 3 is 2.74 bits per heavy atom. The highest BCUT2D eigenvalue weighted by molar-refractivity contribution is 5.94. The minimum Gasteiger partial charge on any atom is -0.406 e. The molecule has 0 aliphatic carbocycles. The number of nitrogens with two attached hydrogens (primary N) is 1. The summed E-state index contributed by atoms with van der Waals surface area (Å²) in [7, 11) is 1.38. The van der Waals surface area contributed by atoms with Gasteiger partial charge in [0.2, 0.25) is 5.91 Å². The number of benzene rings is 1. The van der Waals surface area contributed by atoms with Gasteiger partial charge in [-0.2, -0.15) is 0 Å². The van der Waals surface area contributed by atoms with E-state index in [9.17, 15) is 18.0 Å². The summed E-state index contributed by atoms with van der Waals surface area (Å²) in [5, 5.41) is 2.36. The van der Waals surface area contributed by atoms with Gasteiger partial charge in [-0.1, -0.05) is 6.07 Å². The molecular weight excluding hydrogens is 265 g/mol. The van der Waals surface area contributed by atoms with Crippen molar-refractivity contribution >= 4 is 11.6 Å². The molecular formula is C11H13F3N2O3. The molecule has 1 atom stereocenters. The van der Waals surface area contributed by atoms with Gasteiger partial charge in [-0.05, 0) is 12.1 Å². The Balaban J connectivity index is 2.69. The number of rotatable bonds is 5. The van der Waals surface area contributed by atoms with Gasteiger partial charge in [-0.3, -0.25) is 4.79 Å². The molecule has 1 aromatic carbocycles. The Morgan fingerprint density at radius 1 is 1.47 bits per heavy atom. The van der Waals surface area contributed by atoms with Gasteiger partial charge in [0.25, 0.3) is 0 Å². The van der Waals surface area contributed by atoms with Crippen LogP contribution in [0, 0.1) is 0 Å². The van der Waals surface area contributed by atoms with Crippen molar-refractivity contribution in [3.63, 3.8) is 0 Å². The molecule has 5 nitrogen and oxygen atoms in total. The van der Waals surface area contributed by atoms with Crippen molar-refractivity contribution in [2.24, 2.45) is 5.73 Å². The molecule has 0 aliphatic rings. The van der Waals surface area contributed by atoms with Crippen molar-refractivity contribution in [2.75, 3.05) is 19.0 Å². The van der Waals surface area contributed by atoms with Gasteiger partial charge in [-0.15, -0.1) is 13.2 Å². The maximum atomic E-state index is 12.0. The number of anilines is 1. The minimum absolute atomic E-state index is 0.00454. The lowest BCUT2D eigenvalue weighted by atomic mass is 10.2. The molecule has 1 unspecified atom stereocenters. The van der Waals surface area contributed by atoms with Crippen LogP contribution in [-0.4, -0.2) is 32.0 Å². The lowest BCUT2D eigenvalue weighted by Crippen LogP contribution is -2.39. The second kappa shape index (κ2) is 6.39. The zero-order valence-electron chi connectivity index (χ0n) is 10.0. The molecule has 8 heteroatoms. The normalized spacial score (nSPS) is 12.9. The summed E-state index contributed by atoms with van der Waals surface area (Å²) in [6, 6.07) is 4.00. The predicted octanol–water partition coefficient (Wildman–Crippen LogP) is 1.50. The summed E-state index contributed by atoms with van der Waals surface area (Å²) in [5.41, 5.74) is 5.62. The molecule has 0 saturated carbocycles. The topological polar surface area (TPSA) is 73.6 Å². The average Bonchev–Trinajstić information content (AvgIpc) is 2.27. The number of carbonyl (C=O) groups is 1. The number of hydrogen-bond donors (Lipinski definition) is 2. The van der Waals surface area contributed by atoms with Crippen LogP contribution in [0.1, 0.15) is 0 Å². The molecule has 0 radical (unpaired) electrons. The SMILES string of the molecule is COCC(N)C(=O)Nc1cccc(OC(F)(F)F)c1. The Labute approximate surface area is 107 Å². The average molecular weight is 278 g/mol. The molecule has 0 heterocycles. The zero-order valence-corrected chi connectivity index (χ0v) is 10.0. The number of ether oxygens (including phenoxy) is 2. The van der Waals surface area contributed by atoms with Crippen LogP contribution in [-0.2, 0) is 9.53 Å². The molecule has 0 bridgehead atoms. The summed E-state index contributed by atoms with van der Waals surface area (Å²) < 4.78 is 44.5. The van der Waals surface area contributed by atoms with E-state index in [1.807, 2.05) is 0 Å². The van der Waals surface area contributed by atoms with Gasteiger partial charge in [0, 0.05) is 18.9 Å². The van der Waals surface area contributed by atoms with Crippen LogP contribution in [0.15, 0.2) is 24.3 Å². The molecule has 0 spiro atoms. The van der Waals surface area contributed by atoms with Gasteiger partial charge >= 0.3 is 6.36 Å². The summed E-state index contributed by atoms with van der Waals surface area (Å²) in [5.74, 6) is -0.989. The van der Waals surface area contributed by atoms with E-state index in [-0.39, 0.29) is 12.3 Å². The first-order chi connectivity index (χ1) is 8.81. The van der Waals surface area contributed by atoms with Gasteiger partial charge in [0.1, 0.15) is 11.8 Å². The van der Waals surface area contributed by atoms with Crippen LogP contribution < -0.4 is 15.8 Å². The molecule has 19 heavy (non-hydrogen) atoms. The van der Waals surface area contributed by atoms with Crippen LogP contribution >= 0.6 is 0 Å². The zero-order chi connectivity index (χ0) is 14.5. The minimum atomic E-state index is -4.78. The largest absolute Gasteiger partial charge is 0.573 e. The molecule has 3 N–H and O–H groups in total. The van der Waals surface area contributed by atoms with Crippen LogP contribution in [0.3, 0.4) is 0 Å². The first-order valence-electron chi connectivity index (χ1n) is 5.23. The number of alkyl halides is 3. The molecule has 1 amide bonds. The Bertz CT molecular complexity index is 437. The van der Waals surface area contributed by atoms with Crippen LogP contribution in [0.4, 0.5) is 18.9 Å². The number of halogens is 3. The van der Waals surface area contributed by atoms with Crippen LogP contribution in [0.25, 0.3) is 0 Å². The molecule has 0 aliphatic heterocycles. The summed E-state index contributed by atoms with van der Waals surface area (Å²) in [4.78, 5) is 11.5. The lowest BCUT2D eigenvalue weighted by molar-refractivity contribution is -0.274. The quantitative estimate of drug-likeness (QED) is 0.856. The van der Waals surface area contributed by atoms with Gasteiger partial charge in [0.05, 0.1) is 6.61 Å². The maximum Gasteiger partial charge on any atom is 0.573 e. The van der Waals surface area contributed by atoms with Crippen molar-refractivity contribution in [3.8, 4) is 5.75 Å². The van der Waals surface area contributed by atoms with E-state index < -0.39 is 24.1 Å². The standard InChI is InChI=1S/C11H13F3N2O3/c1-18-6-9(15)10(17)16-7-3-2-4-8(5-7)19-11(12,13)14/h2-5,9H,6,15H2,1H3,(H,16,17). The third-order valence-corrected chi connectivity index (χ3v) is 2.02. The summed E-state index contributed by atoms with van der Waals surface area (Å²) in [6.07, 6.45) is -4.78. The van der Waals surface area contributed by atoms with Gasteiger partial charge in [0.15, 0.2) is 0 Å². The molecule has 0 aromatic heterocycles. The summed E-state index contributed by atoms with van der Waals surface area (Å²) in [6.45, 7) is 0.00454. The summed E-state index contributed by atoms with van der Waals surface area (Å²) >= 11 is 0. The van der Waals surface area contributed by atoms with Crippen molar-refractivity contribution in [1.29, 1.82) is 0 Å². The van der Waals surface area contributed by atoms with E-state index in [1.54, 1.807) is 0 Å². The Morgan fingerprint density at radius 2 is 2.16 bits per heavy atom. The van der Waals surface area contributed by atoms with E-state index >= 15 is 0 Å². The fourth-order valence-corrected chi connectivity index (χ4v) is 1.26. The Kier molecular flexibility index (Phi) is 5.13. The molecule has 0 fully saturated rings. The molecule has 0 saturated heterocycles. The van der Waals surface area contributed by atoms with Crippen molar-refractivity contribution in [1.82, 2.24) is 0 Å². The lowest BCUT2D eigenvalue weighted by Gasteiger charge is -2.13. The van der Waals surface area contributed by atoms with Gasteiger partial charge in [-0.25, -0.2) is 0 Å². The number of carbonyl (C=O) groups excluding carboxylic acids is 1. The fraction of sp³-hybridized carbons (Fsp3) is 0.364. The van der Waals surface area contributed by atoms with E-state index in [0.717, 1.165) is 12.1 Å². The third kappa shape index (κ3) is 5.58. The van der Waals surface area contributed by atoms with Crippen molar-refractivity contribution < 1.29 is 27.4 Å². The fourth-order valence-electron chi connectivity index (χ4n) is 1.26. The number of amides is 1. The third-order valence-electron chi connectivity index (χ3n) is 2.02. The predicted molar refractivity (Wildman–Crippen MR) is 61.6 cm³/mol. The second-order valence-corrected chi connectivity index (χ2v) is 3.63. The van der Waals surface area contributed by atoms with Crippen molar-refractivity contribution in [2.45, 2.75) is 12.4 Å². The molecule has 1 rings (SSSR count). The monoisotopic (exact) mass is 278 g/mol. The number of methoxy groups -OCH3 is 1. The highest BCUT2D eigenvalue weighted by atomic mass is 19.4. The Hall–Kier alpha value is -1.80. The highest BCUT2D eigenvalue weighted by Gasteiger charge is 2.31. The highest BCUT2D eigenvalue weighted by Crippen LogP contribution is 2.24. The van der Waals surface area contributed by atoms with E-state index in [2.05, 4.69) is 10.1 Å². The van der Waals surface area contributed by atoms with E-state index in [4.69, 9.17) is 10.5 Å². The van der Waals surface area contributed by atoms with E-state index in [0.29, 0.717) is 0 Å². The van der Waals surface area contributed by atoms with Crippen LogP contribution in [0.2, 0.25) is 0 Å². The smallest absolute Gasteiger partial charge is 0.406 e. The maximum absolute atomic E-state index is 12.0. The number of nitrogens with one attached hydrogen (secondary N) is 1. The first-order valence-corrected chi connectivity index (χ1v) is 5.23. The van der Waals surface area contributed by atoms with Gasteiger partial charge < -0.3 is 20.5 Å². The number of hydrogen-bond acceptors (Lipinski definition) is 4. The molecule has 106 valence electrons. The second-order valence-electron chi connectivity index (χ2n) is 3.63. The van der Waals surface area contributed by atoms with E-state index in [1.165, 1.54) is 19.2 Å². The van der Waals surface area contributed by atoms with Crippen LogP contribution in [0.5, 0.6) is 5.75 Å². The molecule has 1 aromatic rings.